The zero-order valence-corrected chi connectivity index (χ0v) is 8.71. The molecule has 16 heavy (non-hydrogen) atoms. The maximum Gasteiger partial charge on any atom is 0.355 e. The molecule has 0 amide bonds. The van der Waals surface area contributed by atoms with E-state index in [1.807, 2.05) is 30.3 Å². The molecule has 0 aliphatic carbocycles. The largest absolute Gasteiger partial charge is 0.476 e. The molecule has 80 valence electrons. The number of aromatic carboxylic acids is 1. The quantitative estimate of drug-likeness (QED) is 0.831. The molecule has 2 aromatic rings. The number of hydrogen-bond acceptors (Lipinski definition) is 3. The van der Waals surface area contributed by atoms with Gasteiger partial charge in [-0.3, -0.25) is 0 Å². The van der Waals surface area contributed by atoms with Gasteiger partial charge in [0.25, 0.3) is 0 Å². The van der Waals surface area contributed by atoms with Crippen LogP contribution in [0.25, 0.3) is 11.1 Å². The van der Waals surface area contributed by atoms with E-state index >= 15 is 0 Å². The molecule has 0 spiro atoms. The monoisotopic (exact) mass is 214 g/mol. The molecule has 0 unspecified atom stereocenters. The Morgan fingerprint density at radius 3 is 2.56 bits per heavy atom. The number of rotatable bonds is 2. The molecular weight excluding hydrogens is 204 g/mol. The highest BCUT2D eigenvalue weighted by molar-refractivity contribution is 5.93. The number of carboxylic acids is 1. The number of aromatic nitrogens is 2. The fraction of sp³-hybridized carbons (Fsp3) is 0.0833. The van der Waals surface area contributed by atoms with Crippen LogP contribution in [0.5, 0.6) is 0 Å². The predicted octanol–water partition coefficient (Wildman–Crippen LogP) is 2.15. The average molecular weight is 214 g/mol. The lowest BCUT2D eigenvalue weighted by molar-refractivity contribution is 0.0691. The van der Waals surface area contributed by atoms with Crippen LogP contribution < -0.4 is 0 Å². The van der Waals surface area contributed by atoms with Crippen LogP contribution in [-0.2, 0) is 0 Å². The van der Waals surface area contributed by atoms with Gasteiger partial charge in [-0.25, -0.2) is 14.8 Å². The van der Waals surface area contributed by atoms with Crippen LogP contribution in [0.1, 0.15) is 16.3 Å². The van der Waals surface area contributed by atoms with Crippen molar-refractivity contribution in [2.24, 2.45) is 0 Å². The topological polar surface area (TPSA) is 63.1 Å². The summed E-state index contributed by atoms with van der Waals surface area (Å²) in [6.45, 7) is 1.67. The van der Waals surface area contributed by atoms with Crippen molar-refractivity contribution in [3.63, 3.8) is 0 Å². The number of carbonyl (C=O) groups is 1. The van der Waals surface area contributed by atoms with Crippen molar-refractivity contribution in [1.29, 1.82) is 0 Å². The minimum absolute atomic E-state index is 0.0405. The summed E-state index contributed by atoms with van der Waals surface area (Å²) in [6.07, 6.45) is 1.54. The Hall–Kier alpha value is -2.23. The first-order chi connectivity index (χ1) is 7.68. The number of hydrogen-bond donors (Lipinski definition) is 1. The molecule has 0 saturated carbocycles. The van der Waals surface area contributed by atoms with Gasteiger partial charge in [0, 0.05) is 11.8 Å². The molecule has 0 saturated heterocycles. The third-order valence-corrected chi connectivity index (χ3v) is 2.20. The number of carboxylic acid groups (broad SMARTS) is 1. The molecular formula is C12H10N2O2. The summed E-state index contributed by atoms with van der Waals surface area (Å²) in [5.74, 6) is -0.582. The SMILES string of the molecule is Cc1ncc(-c2ccccc2)c(C(=O)O)n1. The highest BCUT2D eigenvalue weighted by Gasteiger charge is 2.13. The summed E-state index contributed by atoms with van der Waals surface area (Å²) in [4.78, 5) is 19.0. The van der Waals surface area contributed by atoms with Gasteiger partial charge in [-0.1, -0.05) is 30.3 Å². The molecule has 1 heterocycles. The lowest BCUT2D eigenvalue weighted by Crippen LogP contribution is -2.05. The molecule has 2 rings (SSSR count). The predicted molar refractivity (Wildman–Crippen MR) is 59.2 cm³/mol. The normalized spacial score (nSPS) is 10.1. The lowest BCUT2D eigenvalue weighted by Gasteiger charge is -2.05. The van der Waals surface area contributed by atoms with Gasteiger partial charge in [-0.05, 0) is 12.5 Å². The van der Waals surface area contributed by atoms with Crippen LogP contribution in [0, 0.1) is 6.92 Å². The van der Waals surface area contributed by atoms with Gasteiger partial charge in [-0.2, -0.15) is 0 Å². The second-order valence-electron chi connectivity index (χ2n) is 3.35. The van der Waals surface area contributed by atoms with E-state index in [9.17, 15) is 4.79 Å². The fourth-order valence-electron chi connectivity index (χ4n) is 1.46. The number of nitrogens with zero attached hydrogens (tertiary/aromatic N) is 2. The van der Waals surface area contributed by atoms with Gasteiger partial charge in [-0.15, -0.1) is 0 Å². The summed E-state index contributed by atoms with van der Waals surface area (Å²) in [5, 5.41) is 9.06. The molecule has 0 aliphatic rings. The summed E-state index contributed by atoms with van der Waals surface area (Å²) in [5.41, 5.74) is 1.39. The van der Waals surface area contributed by atoms with Crippen LogP contribution in [0.15, 0.2) is 36.5 Å². The second kappa shape index (κ2) is 4.10. The Morgan fingerprint density at radius 1 is 1.25 bits per heavy atom. The van der Waals surface area contributed by atoms with Gasteiger partial charge in [0.1, 0.15) is 5.82 Å². The van der Waals surface area contributed by atoms with Crippen molar-refractivity contribution in [2.75, 3.05) is 0 Å². The molecule has 0 atom stereocenters. The van der Waals surface area contributed by atoms with Crippen LogP contribution in [0.2, 0.25) is 0 Å². The Morgan fingerprint density at radius 2 is 1.94 bits per heavy atom. The van der Waals surface area contributed by atoms with E-state index in [4.69, 9.17) is 5.11 Å². The molecule has 0 radical (unpaired) electrons. The van der Waals surface area contributed by atoms with E-state index in [1.165, 1.54) is 0 Å². The minimum Gasteiger partial charge on any atom is -0.476 e. The maximum absolute atomic E-state index is 11.1. The summed E-state index contributed by atoms with van der Waals surface area (Å²) < 4.78 is 0. The van der Waals surface area contributed by atoms with Gasteiger partial charge < -0.3 is 5.11 Å². The highest BCUT2D eigenvalue weighted by Crippen LogP contribution is 2.21. The van der Waals surface area contributed by atoms with Crippen molar-refractivity contribution in [3.05, 3.63) is 48.0 Å². The summed E-state index contributed by atoms with van der Waals surface area (Å²) in [6, 6.07) is 9.24. The molecule has 4 heteroatoms. The Bertz CT molecular complexity index is 524. The third-order valence-electron chi connectivity index (χ3n) is 2.20. The second-order valence-corrected chi connectivity index (χ2v) is 3.35. The number of aryl methyl sites for hydroxylation is 1. The summed E-state index contributed by atoms with van der Waals surface area (Å²) in [7, 11) is 0. The maximum atomic E-state index is 11.1. The van der Waals surface area contributed by atoms with E-state index in [1.54, 1.807) is 13.1 Å². The van der Waals surface area contributed by atoms with Crippen LogP contribution in [-0.4, -0.2) is 21.0 Å². The van der Waals surface area contributed by atoms with E-state index in [-0.39, 0.29) is 5.69 Å². The molecule has 1 N–H and O–H groups in total. The van der Waals surface area contributed by atoms with Crippen molar-refractivity contribution >= 4 is 5.97 Å². The molecule has 0 aliphatic heterocycles. The van der Waals surface area contributed by atoms with E-state index < -0.39 is 5.97 Å². The molecule has 4 nitrogen and oxygen atoms in total. The number of benzene rings is 1. The first-order valence-corrected chi connectivity index (χ1v) is 4.81. The van der Waals surface area contributed by atoms with E-state index in [0.29, 0.717) is 11.4 Å². The van der Waals surface area contributed by atoms with E-state index in [2.05, 4.69) is 9.97 Å². The average Bonchev–Trinajstić information content (AvgIpc) is 2.30. The Labute approximate surface area is 92.6 Å². The van der Waals surface area contributed by atoms with Crippen LogP contribution in [0.4, 0.5) is 0 Å². The van der Waals surface area contributed by atoms with Gasteiger partial charge in [0.05, 0.1) is 0 Å². The highest BCUT2D eigenvalue weighted by atomic mass is 16.4. The van der Waals surface area contributed by atoms with Gasteiger partial charge in [0.15, 0.2) is 5.69 Å². The van der Waals surface area contributed by atoms with Crippen LogP contribution >= 0.6 is 0 Å². The summed E-state index contributed by atoms with van der Waals surface area (Å²) >= 11 is 0. The molecule has 0 fully saturated rings. The Balaban J connectivity index is 2.61. The molecule has 0 bridgehead atoms. The molecule has 1 aromatic heterocycles. The van der Waals surface area contributed by atoms with Crippen molar-refractivity contribution in [1.82, 2.24) is 9.97 Å². The first kappa shape index (κ1) is 10.3. The first-order valence-electron chi connectivity index (χ1n) is 4.81. The zero-order valence-electron chi connectivity index (χ0n) is 8.71. The Kier molecular flexibility index (Phi) is 2.64. The molecule has 1 aromatic carbocycles. The fourth-order valence-corrected chi connectivity index (χ4v) is 1.46. The zero-order chi connectivity index (χ0) is 11.5. The third kappa shape index (κ3) is 1.91. The standard InChI is InChI=1S/C12H10N2O2/c1-8-13-7-10(11(14-8)12(15)16)9-5-3-2-4-6-9/h2-7H,1H3,(H,15,16). The van der Waals surface area contributed by atoms with E-state index in [0.717, 1.165) is 5.56 Å². The van der Waals surface area contributed by atoms with Gasteiger partial charge >= 0.3 is 5.97 Å². The van der Waals surface area contributed by atoms with Crippen LogP contribution in [0.3, 0.4) is 0 Å². The lowest BCUT2D eigenvalue weighted by atomic mass is 10.1. The minimum atomic E-state index is -1.04. The van der Waals surface area contributed by atoms with Crippen molar-refractivity contribution < 1.29 is 9.90 Å². The van der Waals surface area contributed by atoms with Crippen molar-refractivity contribution in [2.45, 2.75) is 6.92 Å². The van der Waals surface area contributed by atoms with Gasteiger partial charge in [0.2, 0.25) is 0 Å². The van der Waals surface area contributed by atoms with Crippen molar-refractivity contribution in [3.8, 4) is 11.1 Å². The smallest absolute Gasteiger partial charge is 0.355 e.